The summed E-state index contributed by atoms with van der Waals surface area (Å²) >= 11 is 0. The van der Waals surface area contributed by atoms with Crippen molar-refractivity contribution in [2.45, 2.75) is 18.7 Å². The summed E-state index contributed by atoms with van der Waals surface area (Å²) in [6.45, 7) is 0.484. The number of carbonyl (C=O) groups is 1. The highest BCUT2D eigenvalue weighted by Gasteiger charge is 2.38. The zero-order chi connectivity index (χ0) is 12.1. The van der Waals surface area contributed by atoms with E-state index in [-0.39, 0.29) is 5.57 Å². The molecule has 0 saturated carbocycles. The molecule has 0 radical (unpaired) electrons. The van der Waals surface area contributed by atoms with E-state index in [1.165, 1.54) is 6.92 Å². The van der Waals surface area contributed by atoms with Gasteiger partial charge in [-0.15, -0.1) is 0 Å². The first-order valence-electron chi connectivity index (χ1n) is 4.18. The van der Waals surface area contributed by atoms with Crippen LogP contribution in [0.1, 0.15) is 6.92 Å². The second-order valence-electron chi connectivity index (χ2n) is 3.22. The van der Waals surface area contributed by atoms with Crippen molar-refractivity contribution >= 4 is 5.97 Å². The maximum absolute atomic E-state index is 13.0. The van der Waals surface area contributed by atoms with E-state index < -0.39 is 37.7 Å². The van der Waals surface area contributed by atoms with Crippen molar-refractivity contribution in [2.75, 3.05) is 20.0 Å². The largest absolute Gasteiger partial charge is 0.459 e. The molecule has 0 aromatic heterocycles. The first kappa shape index (κ1) is 14.0. The monoisotopic (exact) mass is 226 g/mol. The Labute approximate surface area is 85.5 Å². The molecule has 0 aliphatic carbocycles. The summed E-state index contributed by atoms with van der Waals surface area (Å²) in [6.07, 6.45) is -2.31. The number of esters is 1. The predicted molar refractivity (Wildman–Crippen MR) is 47.6 cm³/mol. The van der Waals surface area contributed by atoms with Crippen molar-refractivity contribution in [3.63, 3.8) is 0 Å². The second-order valence-corrected chi connectivity index (χ2v) is 3.22. The van der Waals surface area contributed by atoms with Crippen LogP contribution in [-0.4, -0.2) is 42.8 Å². The SMILES string of the molecule is C=C(C)C(=O)OCC(F)C(O)(CF)CF. The van der Waals surface area contributed by atoms with E-state index in [4.69, 9.17) is 5.11 Å². The standard InChI is InChI=1S/C9H13F3O3/c1-6(2)8(13)15-3-7(12)9(14,4-10)5-11/h7,14H,1,3-5H2,2H3. The first-order valence-corrected chi connectivity index (χ1v) is 4.18. The topological polar surface area (TPSA) is 46.5 Å². The number of alkyl halides is 3. The quantitative estimate of drug-likeness (QED) is 0.545. The van der Waals surface area contributed by atoms with Crippen LogP contribution in [0.4, 0.5) is 13.2 Å². The molecular weight excluding hydrogens is 213 g/mol. The van der Waals surface area contributed by atoms with E-state index in [9.17, 15) is 18.0 Å². The Morgan fingerprint density at radius 1 is 1.53 bits per heavy atom. The normalized spacial score (nSPS) is 13.4. The van der Waals surface area contributed by atoms with Crippen LogP contribution < -0.4 is 0 Å². The summed E-state index contributed by atoms with van der Waals surface area (Å²) in [7, 11) is 0. The zero-order valence-corrected chi connectivity index (χ0v) is 8.30. The molecule has 0 saturated heterocycles. The second kappa shape index (κ2) is 5.75. The Balaban J connectivity index is 4.19. The Kier molecular flexibility index (Phi) is 5.35. The number of hydrogen-bond donors (Lipinski definition) is 1. The molecule has 0 aliphatic rings. The number of ether oxygens (including phenoxy) is 1. The fourth-order valence-electron chi connectivity index (χ4n) is 0.630. The molecule has 0 amide bonds. The summed E-state index contributed by atoms with van der Waals surface area (Å²) in [5.41, 5.74) is -2.71. The highest BCUT2D eigenvalue weighted by Crippen LogP contribution is 2.16. The summed E-state index contributed by atoms with van der Waals surface area (Å²) < 4.78 is 41.5. The summed E-state index contributed by atoms with van der Waals surface area (Å²) in [6, 6.07) is 0. The first-order chi connectivity index (χ1) is 6.87. The van der Waals surface area contributed by atoms with Crippen molar-refractivity contribution < 1.29 is 27.8 Å². The molecule has 6 heteroatoms. The van der Waals surface area contributed by atoms with Gasteiger partial charge in [0, 0.05) is 5.57 Å². The van der Waals surface area contributed by atoms with Crippen molar-refractivity contribution in [3.05, 3.63) is 12.2 Å². The summed E-state index contributed by atoms with van der Waals surface area (Å²) in [5.74, 6) is -0.877. The molecule has 0 aromatic rings. The van der Waals surface area contributed by atoms with Gasteiger partial charge in [0.25, 0.3) is 0 Å². The van der Waals surface area contributed by atoms with Crippen LogP contribution in [0.15, 0.2) is 12.2 Å². The summed E-state index contributed by atoms with van der Waals surface area (Å²) in [4.78, 5) is 10.8. The van der Waals surface area contributed by atoms with Crippen LogP contribution in [0, 0.1) is 0 Å². The molecule has 15 heavy (non-hydrogen) atoms. The maximum atomic E-state index is 13.0. The zero-order valence-electron chi connectivity index (χ0n) is 8.30. The predicted octanol–water partition coefficient (Wildman–Crippen LogP) is 1.11. The Morgan fingerprint density at radius 3 is 2.33 bits per heavy atom. The number of carbonyl (C=O) groups excluding carboxylic acids is 1. The van der Waals surface area contributed by atoms with Crippen LogP contribution in [0.5, 0.6) is 0 Å². The van der Waals surface area contributed by atoms with Gasteiger partial charge in [0.05, 0.1) is 0 Å². The number of halogens is 3. The van der Waals surface area contributed by atoms with E-state index in [0.717, 1.165) is 0 Å². The van der Waals surface area contributed by atoms with E-state index >= 15 is 0 Å². The van der Waals surface area contributed by atoms with Gasteiger partial charge in [0.15, 0.2) is 11.8 Å². The molecule has 0 rings (SSSR count). The Morgan fingerprint density at radius 2 is 2.00 bits per heavy atom. The van der Waals surface area contributed by atoms with E-state index in [1.807, 2.05) is 0 Å². The number of hydrogen-bond acceptors (Lipinski definition) is 3. The van der Waals surface area contributed by atoms with Gasteiger partial charge in [-0.3, -0.25) is 0 Å². The molecule has 88 valence electrons. The lowest BCUT2D eigenvalue weighted by molar-refractivity contribution is -0.147. The smallest absolute Gasteiger partial charge is 0.333 e. The fraction of sp³-hybridized carbons (Fsp3) is 0.667. The average Bonchev–Trinajstić information content (AvgIpc) is 2.23. The van der Waals surface area contributed by atoms with Crippen molar-refractivity contribution in [2.24, 2.45) is 0 Å². The van der Waals surface area contributed by atoms with E-state index in [0.29, 0.717) is 0 Å². The maximum Gasteiger partial charge on any atom is 0.333 e. The fourth-order valence-corrected chi connectivity index (χ4v) is 0.630. The van der Waals surface area contributed by atoms with Gasteiger partial charge in [0.1, 0.15) is 20.0 Å². The van der Waals surface area contributed by atoms with Crippen LogP contribution in [0.2, 0.25) is 0 Å². The van der Waals surface area contributed by atoms with Gasteiger partial charge in [0.2, 0.25) is 0 Å². The van der Waals surface area contributed by atoms with Gasteiger partial charge in [-0.25, -0.2) is 18.0 Å². The lowest BCUT2D eigenvalue weighted by atomic mass is 10.0. The van der Waals surface area contributed by atoms with Crippen molar-refractivity contribution in [3.8, 4) is 0 Å². The van der Waals surface area contributed by atoms with Crippen molar-refractivity contribution in [1.29, 1.82) is 0 Å². The third kappa shape index (κ3) is 3.91. The Bertz CT molecular complexity index is 239. The van der Waals surface area contributed by atoms with Gasteiger partial charge < -0.3 is 9.84 Å². The molecule has 1 unspecified atom stereocenters. The minimum absolute atomic E-state index is 0.0336. The number of rotatable bonds is 6. The van der Waals surface area contributed by atoms with Gasteiger partial charge in [-0.1, -0.05) is 6.58 Å². The molecule has 0 spiro atoms. The molecular formula is C9H13F3O3. The molecule has 0 bridgehead atoms. The van der Waals surface area contributed by atoms with Crippen molar-refractivity contribution in [1.82, 2.24) is 0 Å². The van der Waals surface area contributed by atoms with Gasteiger partial charge >= 0.3 is 5.97 Å². The molecule has 1 atom stereocenters. The minimum atomic E-state index is -2.74. The molecule has 1 N–H and O–H groups in total. The lowest BCUT2D eigenvalue weighted by Gasteiger charge is -2.24. The average molecular weight is 226 g/mol. The molecule has 0 heterocycles. The van der Waals surface area contributed by atoms with Crippen LogP contribution in [0.3, 0.4) is 0 Å². The Hall–Kier alpha value is -1.04. The molecule has 0 aromatic carbocycles. The van der Waals surface area contributed by atoms with Crippen LogP contribution in [0.25, 0.3) is 0 Å². The number of aliphatic hydroxyl groups is 1. The molecule has 0 fully saturated rings. The van der Waals surface area contributed by atoms with Gasteiger partial charge in [-0.2, -0.15) is 0 Å². The highest BCUT2D eigenvalue weighted by atomic mass is 19.2. The molecule has 3 nitrogen and oxygen atoms in total. The molecule has 0 aliphatic heterocycles. The van der Waals surface area contributed by atoms with E-state index in [1.54, 1.807) is 0 Å². The minimum Gasteiger partial charge on any atom is -0.459 e. The lowest BCUT2D eigenvalue weighted by Crippen LogP contribution is -2.46. The van der Waals surface area contributed by atoms with Crippen LogP contribution >= 0.6 is 0 Å². The third-order valence-corrected chi connectivity index (χ3v) is 1.76. The summed E-state index contributed by atoms with van der Waals surface area (Å²) in [5, 5.41) is 9.01. The highest BCUT2D eigenvalue weighted by molar-refractivity contribution is 5.86. The van der Waals surface area contributed by atoms with Gasteiger partial charge in [-0.05, 0) is 6.92 Å². The van der Waals surface area contributed by atoms with Crippen LogP contribution in [-0.2, 0) is 9.53 Å². The van der Waals surface area contributed by atoms with E-state index in [2.05, 4.69) is 11.3 Å². The third-order valence-electron chi connectivity index (χ3n) is 1.76.